The molecule has 0 N–H and O–H groups in total. The van der Waals surface area contributed by atoms with Crippen LogP contribution < -0.4 is 9.92 Å². The highest BCUT2D eigenvalue weighted by atomic mass is 28.3. The highest BCUT2D eigenvalue weighted by molar-refractivity contribution is 6.88. The van der Waals surface area contributed by atoms with E-state index in [0.717, 1.165) is 0 Å². The van der Waals surface area contributed by atoms with E-state index in [1.165, 1.54) is 19.2 Å². The highest BCUT2D eigenvalue weighted by Gasteiger charge is 2.25. The first kappa shape index (κ1) is 13.1. The zero-order chi connectivity index (χ0) is 12.3. The molecular formula is C11H16F2O2Si. The van der Waals surface area contributed by atoms with Crippen LogP contribution in [-0.2, 0) is 4.74 Å². The summed E-state index contributed by atoms with van der Waals surface area (Å²) in [7, 11) is -0.566. The van der Waals surface area contributed by atoms with Gasteiger partial charge in [0.25, 0.3) is 0 Å². The quantitative estimate of drug-likeness (QED) is 0.600. The summed E-state index contributed by atoms with van der Waals surface area (Å²) in [6.45, 7) is 5.66. The summed E-state index contributed by atoms with van der Waals surface area (Å²) >= 11 is 0. The maximum absolute atomic E-state index is 13.7. The predicted molar refractivity (Wildman–Crippen MR) is 61.8 cm³/mol. The summed E-state index contributed by atoms with van der Waals surface area (Å²) < 4.78 is 37.1. The Bertz CT molecular complexity index is 352. The largest absolute Gasteiger partial charge is 0.467 e. The van der Waals surface area contributed by atoms with Crippen molar-refractivity contribution in [1.82, 2.24) is 0 Å². The minimum Gasteiger partial charge on any atom is -0.467 e. The minimum atomic E-state index is -2.01. The SMILES string of the molecule is COCOc1cc(F)c([Si](C)(C)C)c(F)c1. The van der Waals surface area contributed by atoms with Crippen molar-refractivity contribution < 1.29 is 18.3 Å². The van der Waals surface area contributed by atoms with Crippen LogP contribution in [0.2, 0.25) is 19.6 Å². The van der Waals surface area contributed by atoms with Crippen LogP contribution in [0.4, 0.5) is 8.78 Å². The molecule has 1 aromatic carbocycles. The van der Waals surface area contributed by atoms with E-state index in [1.807, 2.05) is 19.6 Å². The Kier molecular flexibility index (Phi) is 4.04. The zero-order valence-corrected chi connectivity index (χ0v) is 10.9. The van der Waals surface area contributed by atoms with Crippen LogP contribution in [0.5, 0.6) is 5.75 Å². The van der Waals surface area contributed by atoms with Gasteiger partial charge in [0.2, 0.25) is 0 Å². The maximum Gasteiger partial charge on any atom is 0.188 e. The molecule has 2 nitrogen and oxygen atoms in total. The van der Waals surface area contributed by atoms with Gasteiger partial charge < -0.3 is 9.47 Å². The van der Waals surface area contributed by atoms with Crippen molar-refractivity contribution in [3.63, 3.8) is 0 Å². The molecule has 0 aliphatic rings. The molecule has 0 spiro atoms. The fraction of sp³-hybridized carbons (Fsp3) is 0.455. The predicted octanol–water partition coefficient (Wildman–Crippen LogP) is 2.49. The molecule has 0 amide bonds. The van der Waals surface area contributed by atoms with E-state index >= 15 is 0 Å². The smallest absolute Gasteiger partial charge is 0.188 e. The average molecular weight is 246 g/mol. The van der Waals surface area contributed by atoms with Crippen LogP contribution in [0.25, 0.3) is 0 Å². The average Bonchev–Trinajstić information content (AvgIpc) is 2.11. The Morgan fingerprint density at radius 1 is 1.12 bits per heavy atom. The van der Waals surface area contributed by atoms with Gasteiger partial charge in [-0.1, -0.05) is 19.6 Å². The number of hydrogen-bond donors (Lipinski definition) is 0. The van der Waals surface area contributed by atoms with E-state index in [9.17, 15) is 8.78 Å². The van der Waals surface area contributed by atoms with Gasteiger partial charge in [-0.15, -0.1) is 0 Å². The molecule has 0 saturated carbocycles. The van der Waals surface area contributed by atoms with Crippen LogP contribution >= 0.6 is 0 Å². The van der Waals surface area contributed by atoms with Crippen LogP contribution in [-0.4, -0.2) is 22.0 Å². The van der Waals surface area contributed by atoms with Gasteiger partial charge in [0.05, 0.1) is 8.07 Å². The molecule has 0 aliphatic heterocycles. The molecule has 0 aromatic heterocycles. The molecule has 0 heterocycles. The van der Waals surface area contributed by atoms with Crippen LogP contribution in [0.3, 0.4) is 0 Å². The number of halogens is 2. The summed E-state index contributed by atoms with van der Waals surface area (Å²) in [6.07, 6.45) is 0. The third kappa shape index (κ3) is 3.02. The summed E-state index contributed by atoms with van der Waals surface area (Å²) in [5.41, 5.74) is 0. The minimum absolute atomic E-state index is 0.0226. The molecule has 5 heteroatoms. The lowest BCUT2D eigenvalue weighted by atomic mass is 10.3. The first-order valence-electron chi connectivity index (χ1n) is 4.97. The Hall–Kier alpha value is -0.943. The lowest BCUT2D eigenvalue weighted by molar-refractivity contribution is 0.0507. The van der Waals surface area contributed by atoms with Crippen LogP contribution in [0, 0.1) is 11.6 Å². The van der Waals surface area contributed by atoms with Crippen LogP contribution in [0.1, 0.15) is 0 Å². The second-order valence-corrected chi connectivity index (χ2v) is 9.56. The molecule has 0 bridgehead atoms. The van der Waals surface area contributed by atoms with E-state index in [4.69, 9.17) is 4.74 Å². The summed E-state index contributed by atoms with van der Waals surface area (Å²) in [6, 6.07) is 2.41. The third-order valence-corrected chi connectivity index (χ3v) is 4.09. The number of ether oxygens (including phenoxy) is 2. The number of benzene rings is 1. The Labute approximate surface area is 95.2 Å². The Balaban J connectivity index is 3.08. The van der Waals surface area contributed by atoms with E-state index < -0.39 is 19.7 Å². The van der Waals surface area contributed by atoms with Gasteiger partial charge in [-0.25, -0.2) is 8.78 Å². The summed E-state index contributed by atoms with van der Waals surface area (Å²) in [4.78, 5) is 0. The van der Waals surface area contributed by atoms with Crippen molar-refractivity contribution in [3.05, 3.63) is 23.8 Å². The lowest BCUT2D eigenvalue weighted by Gasteiger charge is -2.19. The molecule has 90 valence electrons. The fourth-order valence-corrected chi connectivity index (χ4v) is 3.05. The normalized spacial score (nSPS) is 11.6. The molecule has 0 fully saturated rings. The molecule has 16 heavy (non-hydrogen) atoms. The molecule has 1 rings (SSSR count). The second kappa shape index (κ2) is 4.93. The Morgan fingerprint density at radius 2 is 1.62 bits per heavy atom. The highest BCUT2D eigenvalue weighted by Crippen LogP contribution is 2.17. The van der Waals surface area contributed by atoms with Gasteiger partial charge in [0.15, 0.2) is 6.79 Å². The molecule has 0 radical (unpaired) electrons. The first-order chi connectivity index (χ1) is 7.36. The van der Waals surface area contributed by atoms with Gasteiger partial charge in [-0.3, -0.25) is 0 Å². The monoisotopic (exact) mass is 246 g/mol. The van der Waals surface area contributed by atoms with Crippen molar-refractivity contribution in [3.8, 4) is 5.75 Å². The van der Waals surface area contributed by atoms with E-state index in [0.29, 0.717) is 0 Å². The zero-order valence-electron chi connectivity index (χ0n) is 9.93. The molecular weight excluding hydrogens is 230 g/mol. The van der Waals surface area contributed by atoms with Crippen molar-refractivity contribution in [1.29, 1.82) is 0 Å². The second-order valence-electron chi connectivity index (χ2n) is 4.56. The van der Waals surface area contributed by atoms with Crippen molar-refractivity contribution in [2.24, 2.45) is 0 Å². The number of methoxy groups -OCH3 is 1. The Morgan fingerprint density at radius 3 is 2.00 bits per heavy atom. The summed E-state index contributed by atoms with van der Waals surface area (Å²) in [5.74, 6) is -0.922. The van der Waals surface area contributed by atoms with Gasteiger partial charge in [-0.05, 0) is 0 Å². The van der Waals surface area contributed by atoms with Crippen molar-refractivity contribution in [2.45, 2.75) is 19.6 Å². The number of rotatable bonds is 4. The van der Waals surface area contributed by atoms with Gasteiger partial charge in [0, 0.05) is 24.4 Å². The molecule has 0 aliphatic carbocycles. The molecule has 0 saturated heterocycles. The van der Waals surface area contributed by atoms with Crippen LogP contribution in [0.15, 0.2) is 12.1 Å². The maximum atomic E-state index is 13.7. The third-order valence-electron chi connectivity index (χ3n) is 2.11. The summed E-state index contributed by atoms with van der Waals surface area (Å²) in [5, 5.41) is 0.206. The van der Waals surface area contributed by atoms with Crippen molar-refractivity contribution >= 4 is 13.3 Å². The number of hydrogen-bond acceptors (Lipinski definition) is 2. The fourth-order valence-electron chi connectivity index (χ4n) is 1.48. The first-order valence-corrected chi connectivity index (χ1v) is 8.47. The molecule has 0 atom stereocenters. The molecule has 1 aromatic rings. The van der Waals surface area contributed by atoms with Gasteiger partial charge in [-0.2, -0.15) is 0 Å². The van der Waals surface area contributed by atoms with Crippen molar-refractivity contribution in [2.75, 3.05) is 13.9 Å². The lowest BCUT2D eigenvalue weighted by Crippen LogP contribution is -2.42. The van der Waals surface area contributed by atoms with E-state index in [2.05, 4.69) is 4.74 Å². The van der Waals surface area contributed by atoms with Gasteiger partial charge >= 0.3 is 0 Å². The van der Waals surface area contributed by atoms with E-state index in [1.54, 1.807) is 0 Å². The van der Waals surface area contributed by atoms with E-state index in [-0.39, 0.29) is 17.7 Å². The molecule has 0 unspecified atom stereocenters. The van der Waals surface area contributed by atoms with Gasteiger partial charge in [0.1, 0.15) is 17.4 Å². The topological polar surface area (TPSA) is 18.5 Å². The standard InChI is InChI=1S/C11H16F2O2Si/c1-14-7-15-8-5-9(12)11(10(13)6-8)16(2,3)4/h5-6H,7H2,1-4H3.